The molecule has 2 heterocycles. The predicted octanol–water partition coefficient (Wildman–Crippen LogP) is 9.27. The van der Waals surface area contributed by atoms with Crippen LogP contribution in [0, 0.1) is 0 Å². The molecule has 2 aromatic carbocycles. The first-order valence-corrected chi connectivity index (χ1v) is 14.8. The lowest BCUT2D eigenvalue weighted by atomic mass is 10.1. The Labute approximate surface area is 238 Å². The zero-order valence-corrected chi connectivity index (χ0v) is 23.8. The van der Waals surface area contributed by atoms with Crippen LogP contribution in [0.5, 0.6) is 11.5 Å². The quantitative estimate of drug-likeness (QED) is 0.0977. The summed E-state index contributed by atoms with van der Waals surface area (Å²) in [5.41, 5.74) is 2.15. The van der Waals surface area contributed by atoms with Crippen LogP contribution < -0.4 is 9.47 Å². The molecule has 0 N–H and O–H groups in total. The topological polar surface area (TPSA) is 57.1 Å². The Hall–Kier alpha value is -3.18. The van der Waals surface area contributed by atoms with Gasteiger partial charge >= 0.3 is 0 Å². The summed E-state index contributed by atoms with van der Waals surface area (Å²) in [5.74, 6) is 2.62. The van der Waals surface area contributed by atoms with Crippen molar-refractivity contribution < 1.29 is 9.47 Å². The van der Waals surface area contributed by atoms with E-state index in [4.69, 9.17) is 21.1 Å². The van der Waals surface area contributed by atoms with Gasteiger partial charge in [-0.15, -0.1) is 0 Å². The van der Waals surface area contributed by atoms with E-state index in [1.165, 1.54) is 38.5 Å². The largest absolute Gasteiger partial charge is 0.494 e. The maximum Gasteiger partial charge on any atom is 0.145 e. The van der Waals surface area contributed by atoms with Crippen molar-refractivity contribution in [2.24, 2.45) is 0 Å². The fourth-order valence-corrected chi connectivity index (χ4v) is 4.83. The molecule has 0 aliphatic heterocycles. The Morgan fingerprint density at radius 3 is 2.00 bits per heavy atom. The minimum atomic E-state index is 0.509. The van der Waals surface area contributed by atoms with Gasteiger partial charge in [0, 0.05) is 35.2 Å². The summed E-state index contributed by atoms with van der Waals surface area (Å²) in [6.45, 7) is 3.63. The third-order valence-corrected chi connectivity index (χ3v) is 7.22. The first-order valence-electron chi connectivity index (χ1n) is 14.4. The van der Waals surface area contributed by atoms with Crippen molar-refractivity contribution in [3.8, 4) is 22.6 Å². The zero-order chi connectivity index (χ0) is 27.1. The highest BCUT2D eigenvalue weighted by atomic mass is 35.5. The normalized spacial score (nSPS) is 11.1. The highest BCUT2D eigenvalue weighted by Crippen LogP contribution is 2.29. The minimum Gasteiger partial charge on any atom is -0.494 e. The van der Waals surface area contributed by atoms with Crippen LogP contribution in [0.3, 0.4) is 0 Å². The highest BCUT2D eigenvalue weighted by Gasteiger charge is 2.06. The van der Waals surface area contributed by atoms with Crippen molar-refractivity contribution >= 4 is 22.4 Å². The number of hydrogen-bond donors (Lipinski definition) is 0. The van der Waals surface area contributed by atoms with Crippen LogP contribution in [0.1, 0.15) is 77.0 Å². The molecular formula is C33H40ClN3O2. The van der Waals surface area contributed by atoms with E-state index in [-0.39, 0.29) is 0 Å². The Balaban J connectivity index is 1.09. The van der Waals surface area contributed by atoms with E-state index in [9.17, 15) is 0 Å². The lowest BCUT2D eigenvalue weighted by molar-refractivity contribution is 0.288. The number of aryl methyl sites for hydroxylation is 1. The summed E-state index contributed by atoms with van der Waals surface area (Å²) in [4.78, 5) is 13.4. The second-order valence-electron chi connectivity index (χ2n) is 10.0. The number of benzene rings is 2. The molecule has 4 rings (SSSR count). The lowest BCUT2D eigenvalue weighted by Crippen LogP contribution is -2.00. The van der Waals surface area contributed by atoms with E-state index in [0.717, 1.165) is 71.3 Å². The van der Waals surface area contributed by atoms with Gasteiger partial charge in [-0.2, -0.15) is 0 Å². The van der Waals surface area contributed by atoms with Gasteiger partial charge in [-0.05, 0) is 49.8 Å². The number of aromatic nitrogens is 3. The first kappa shape index (κ1) is 28.8. The monoisotopic (exact) mass is 545 g/mol. The van der Waals surface area contributed by atoms with Crippen molar-refractivity contribution in [1.82, 2.24) is 15.0 Å². The highest BCUT2D eigenvalue weighted by molar-refractivity contribution is 6.34. The molecule has 6 heteroatoms. The Bertz CT molecular complexity index is 1260. The molecule has 0 aliphatic carbocycles. The van der Waals surface area contributed by atoms with Gasteiger partial charge in [0.05, 0.1) is 19.4 Å². The molecule has 0 bridgehead atoms. The van der Waals surface area contributed by atoms with E-state index < -0.39 is 0 Å². The number of nitrogens with zero attached hydrogens (tertiary/aromatic N) is 3. The van der Waals surface area contributed by atoms with Gasteiger partial charge in [-0.3, -0.25) is 0 Å². The molecule has 39 heavy (non-hydrogen) atoms. The smallest absolute Gasteiger partial charge is 0.145 e. The van der Waals surface area contributed by atoms with E-state index in [1.54, 1.807) is 6.20 Å². The molecule has 0 saturated carbocycles. The third-order valence-electron chi connectivity index (χ3n) is 6.92. The zero-order valence-electron chi connectivity index (χ0n) is 23.1. The molecule has 0 unspecified atom stereocenters. The maximum atomic E-state index is 6.19. The minimum absolute atomic E-state index is 0.509. The van der Waals surface area contributed by atoms with Gasteiger partial charge in [0.1, 0.15) is 22.5 Å². The summed E-state index contributed by atoms with van der Waals surface area (Å²) < 4.78 is 11.9. The number of ether oxygens (including phenoxy) is 2. The molecule has 5 nitrogen and oxygen atoms in total. The second kappa shape index (κ2) is 16.0. The molecule has 0 aliphatic rings. The fourth-order valence-electron chi connectivity index (χ4n) is 4.62. The van der Waals surface area contributed by atoms with Crippen molar-refractivity contribution in [3.05, 3.63) is 78.1 Å². The Morgan fingerprint density at radius 1 is 0.615 bits per heavy atom. The lowest BCUT2D eigenvalue weighted by Gasteiger charge is -2.10. The van der Waals surface area contributed by atoms with Gasteiger partial charge in [0.2, 0.25) is 0 Å². The summed E-state index contributed by atoms with van der Waals surface area (Å²) in [5, 5.41) is 2.44. The van der Waals surface area contributed by atoms with Crippen LogP contribution in [0.25, 0.3) is 21.9 Å². The van der Waals surface area contributed by atoms with E-state index in [1.807, 2.05) is 48.8 Å². The van der Waals surface area contributed by atoms with Crippen molar-refractivity contribution in [2.45, 2.75) is 77.6 Å². The molecular weight excluding hydrogens is 506 g/mol. The number of hydrogen-bond acceptors (Lipinski definition) is 5. The summed E-state index contributed by atoms with van der Waals surface area (Å²) in [6.07, 6.45) is 18.5. The Morgan fingerprint density at radius 2 is 1.26 bits per heavy atom. The van der Waals surface area contributed by atoms with Crippen molar-refractivity contribution in [3.63, 3.8) is 0 Å². The van der Waals surface area contributed by atoms with Gasteiger partial charge < -0.3 is 9.47 Å². The molecule has 0 radical (unpaired) electrons. The van der Waals surface area contributed by atoms with Crippen molar-refractivity contribution in [1.29, 1.82) is 0 Å². The van der Waals surface area contributed by atoms with Crippen LogP contribution in [0.2, 0.25) is 5.15 Å². The number of fused-ring (bicyclic) bond motifs is 1. The average molecular weight is 546 g/mol. The molecule has 4 aromatic rings. The predicted molar refractivity (Wildman–Crippen MR) is 161 cm³/mol. The maximum absolute atomic E-state index is 6.19. The van der Waals surface area contributed by atoms with Crippen LogP contribution in [-0.4, -0.2) is 28.2 Å². The molecule has 206 valence electrons. The van der Waals surface area contributed by atoms with Gasteiger partial charge in [-0.1, -0.05) is 87.0 Å². The Kier molecular flexibility index (Phi) is 11.9. The fraction of sp³-hybridized carbons (Fsp3) is 0.424. The molecule has 0 spiro atoms. The van der Waals surface area contributed by atoms with E-state index in [0.29, 0.717) is 18.4 Å². The van der Waals surface area contributed by atoms with Crippen LogP contribution in [-0.2, 0) is 6.42 Å². The SMILES string of the molecule is CCCCCCCCc1ncc(-c2ccc(OCCCCCCOc3cnc(Cl)c4ccccc34)cc2)cn1. The van der Waals surface area contributed by atoms with Crippen molar-refractivity contribution in [2.75, 3.05) is 13.2 Å². The summed E-state index contributed by atoms with van der Waals surface area (Å²) in [6, 6.07) is 16.1. The average Bonchev–Trinajstić information content (AvgIpc) is 2.98. The molecule has 0 atom stereocenters. The standard InChI is InChI=1S/C33H40ClN3O2/c1-2-3-4-5-6-9-16-32-35-23-27(24-36-32)26-17-19-28(20-18-26)38-21-12-7-8-13-22-39-31-25-37-33(34)30-15-11-10-14-29(30)31/h10-11,14-15,17-20,23-25H,2-9,12-13,16,21-22H2,1H3. The first-order chi connectivity index (χ1) is 19.2. The molecule has 0 fully saturated rings. The van der Waals surface area contributed by atoms with E-state index in [2.05, 4.69) is 34.0 Å². The second-order valence-corrected chi connectivity index (χ2v) is 10.4. The molecule has 2 aromatic heterocycles. The molecule has 0 amide bonds. The molecule has 0 saturated heterocycles. The van der Waals surface area contributed by atoms with Gasteiger partial charge in [0.25, 0.3) is 0 Å². The van der Waals surface area contributed by atoms with Gasteiger partial charge in [0.15, 0.2) is 0 Å². The van der Waals surface area contributed by atoms with Crippen LogP contribution in [0.15, 0.2) is 67.1 Å². The van der Waals surface area contributed by atoms with Crippen LogP contribution in [0.4, 0.5) is 0 Å². The number of rotatable bonds is 17. The number of unbranched alkanes of at least 4 members (excludes halogenated alkanes) is 8. The summed E-state index contributed by atoms with van der Waals surface area (Å²) in [7, 11) is 0. The summed E-state index contributed by atoms with van der Waals surface area (Å²) >= 11 is 6.19. The van der Waals surface area contributed by atoms with Gasteiger partial charge in [-0.25, -0.2) is 15.0 Å². The van der Waals surface area contributed by atoms with E-state index >= 15 is 0 Å². The van der Waals surface area contributed by atoms with Crippen LogP contribution >= 0.6 is 11.6 Å². The number of halogens is 1. The third kappa shape index (κ3) is 9.21. The number of pyridine rings is 1.